The molecule has 0 aliphatic heterocycles. The Balaban J connectivity index is 2.09. The summed E-state index contributed by atoms with van der Waals surface area (Å²) in [7, 11) is 0. The quantitative estimate of drug-likeness (QED) is 0.629. The van der Waals surface area contributed by atoms with E-state index in [0.29, 0.717) is 0 Å². The molecule has 6 heteroatoms. The van der Waals surface area contributed by atoms with Gasteiger partial charge < -0.3 is 10.6 Å². The monoisotopic (exact) mass is 341 g/mol. The first-order chi connectivity index (χ1) is 11.7. The maximum absolute atomic E-state index is 12.2. The number of para-hydroxylation sites is 1. The molecule has 2 rings (SSSR count). The summed E-state index contributed by atoms with van der Waals surface area (Å²) >= 11 is 0. The van der Waals surface area contributed by atoms with Gasteiger partial charge in [0, 0.05) is 11.8 Å². The van der Waals surface area contributed by atoms with Crippen molar-refractivity contribution in [2.45, 2.75) is 33.1 Å². The lowest BCUT2D eigenvalue weighted by Gasteiger charge is -2.23. The molecular formula is C19H23N3O3. The minimum atomic E-state index is -0.495. The lowest BCUT2D eigenvalue weighted by Crippen LogP contribution is -2.24. The van der Waals surface area contributed by atoms with Gasteiger partial charge in [-0.1, -0.05) is 45.0 Å². The van der Waals surface area contributed by atoms with E-state index in [1.165, 1.54) is 6.07 Å². The minimum absolute atomic E-state index is 0.0259. The van der Waals surface area contributed by atoms with Gasteiger partial charge in [0.25, 0.3) is 5.69 Å². The van der Waals surface area contributed by atoms with Gasteiger partial charge in [-0.05, 0) is 35.6 Å². The molecule has 0 aliphatic carbocycles. The van der Waals surface area contributed by atoms with E-state index in [9.17, 15) is 14.9 Å². The van der Waals surface area contributed by atoms with Gasteiger partial charge in [0.2, 0.25) is 5.91 Å². The van der Waals surface area contributed by atoms with Crippen LogP contribution in [0.3, 0.4) is 0 Å². The van der Waals surface area contributed by atoms with Crippen molar-refractivity contribution in [3.8, 4) is 0 Å². The van der Waals surface area contributed by atoms with Crippen LogP contribution in [0.1, 0.15) is 31.9 Å². The molecule has 0 heterocycles. The molecule has 2 aromatic rings. The SMILES string of the molecule is Cc1ccc(NC(=O)CNc2ccccc2C(C)(C)C)c([N+](=O)[O-])c1. The second-order valence-corrected chi connectivity index (χ2v) is 6.98. The molecule has 0 saturated heterocycles. The molecular weight excluding hydrogens is 318 g/mol. The van der Waals surface area contributed by atoms with Gasteiger partial charge in [0.05, 0.1) is 11.5 Å². The summed E-state index contributed by atoms with van der Waals surface area (Å²) in [4.78, 5) is 22.8. The van der Waals surface area contributed by atoms with Crippen molar-refractivity contribution in [3.05, 3.63) is 63.7 Å². The lowest BCUT2D eigenvalue weighted by molar-refractivity contribution is -0.384. The van der Waals surface area contributed by atoms with Crippen molar-refractivity contribution in [1.29, 1.82) is 0 Å². The second kappa shape index (κ2) is 7.34. The van der Waals surface area contributed by atoms with Gasteiger partial charge in [0.1, 0.15) is 5.69 Å². The largest absolute Gasteiger partial charge is 0.376 e. The zero-order valence-corrected chi connectivity index (χ0v) is 14.9. The Kier molecular flexibility index (Phi) is 5.41. The smallest absolute Gasteiger partial charge is 0.293 e. The minimum Gasteiger partial charge on any atom is -0.376 e. The third-order valence-electron chi connectivity index (χ3n) is 3.80. The number of aryl methyl sites for hydroxylation is 1. The first kappa shape index (κ1) is 18.4. The van der Waals surface area contributed by atoms with Crippen molar-refractivity contribution in [2.24, 2.45) is 0 Å². The van der Waals surface area contributed by atoms with Crippen LogP contribution in [0.25, 0.3) is 0 Å². The summed E-state index contributed by atoms with van der Waals surface area (Å²) in [5, 5.41) is 16.9. The van der Waals surface area contributed by atoms with Crippen LogP contribution in [0.5, 0.6) is 0 Å². The Hall–Kier alpha value is -2.89. The lowest BCUT2D eigenvalue weighted by atomic mass is 9.86. The number of carbonyl (C=O) groups is 1. The highest BCUT2D eigenvalue weighted by molar-refractivity contribution is 5.95. The van der Waals surface area contributed by atoms with E-state index in [2.05, 4.69) is 31.4 Å². The van der Waals surface area contributed by atoms with Crippen molar-refractivity contribution in [3.63, 3.8) is 0 Å². The number of benzene rings is 2. The highest BCUT2D eigenvalue weighted by Crippen LogP contribution is 2.29. The van der Waals surface area contributed by atoms with E-state index in [0.717, 1.165) is 16.8 Å². The number of anilines is 2. The van der Waals surface area contributed by atoms with E-state index >= 15 is 0 Å². The van der Waals surface area contributed by atoms with E-state index in [4.69, 9.17) is 0 Å². The molecule has 0 saturated carbocycles. The van der Waals surface area contributed by atoms with E-state index in [1.54, 1.807) is 19.1 Å². The molecule has 2 aromatic carbocycles. The fourth-order valence-electron chi connectivity index (χ4n) is 2.56. The van der Waals surface area contributed by atoms with E-state index < -0.39 is 4.92 Å². The zero-order valence-electron chi connectivity index (χ0n) is 14.9. The number of nitrogens with zero attached hydrogens (tertiary/aromatic N) is 1. The van der Waals surface area contributed by atoms with Crippen molar-refractivity contribution in [2.75, 3.05) is 17.2 Å². The molecule has 25 heavy (non-hydrogen) atoms. The Labute approximate surface area is 147 Å². The molecule has 0 unspecified atom stereocenters. The molecule has 0 radical (unpaired) electrons. The van der Waals surface area contributed by atoms with Crippen molar-refractivity contribution in [1.82, 2.24) is 0 Å². The normalized spacial score (nSPS) is 11.0. The Morgan fingerprint density at radius 1 is 1.12 bits per heavy atom. The molecule has 132 valence electrons. The summed E-state index contributed by atoms with van der Waals surface area (Å²) < 4.78 is 0. The van der Waals surface area contributed by atoms with E-state index in [1.807, 2.05) is 24.3 Å². The molecule has 2 N–H and O–H groups in total. The van der Waals surface area contributed by atoms with Crippen LogP contribution >= 0.6 is 0 Å². The number of hydrogen-bond donors (Lipinski definition) is 2. The fourth-order valence-corrected chi connectivity index (χ4v) is 2.56. The summed E-state index contributed by atoms with van der Waals surface area (Å²) in [5.41, 5.74) is 2.78. The third kappa shape index (κ3) is 4.79. The summed E-state index contributed by atoms with van der Waals surface area (Å²) in [6.07, 6.45) is 0. The number of nitrogens with one attached hydrogen (secondary N) is 2. The molecule has 1 amide bonds. The van der Waals surface area contributed by atoms with Crippen LogP contribution in [0.4, 0.5) is 17.1 Å². The number of nitro benzene ring substituents is 1. The van der Waals surface area contributed by atoms with Gasteiger partial charge in [-0.15, -0.1) is 0 Å². The molecule has 0 aromatic heterocycles. The number of carbonyl (C=O) groups excluding carboxylic acids is 1. The molecule has 0 bridgehead atoms. The van der Waals surface area contributed by atoms with Crippen LogP contribution in [0.15, 0.2) is 42.5 Å². The maximum atomic E-state index is 12.2. The average Bonchev–Trinajstić information content (AvgIpc) is 2.54. The van der Waals surface area contributed by atoms with Gasteiger partial charge in [-0.2, -0.15) is 0 Å². The van der Waals surface area contributed by atoms with Gasteiger partial charge in [-0.3, -0.25) is 14.9 Å². The van der Waals surface area contributed by atoms with Gasteiger partial charge >= 0.3 is 0 Å². The van der Waals surface area contributed by atoms with Crippen LogP contribution in [-0.2, 0) is 10.2 Å². The van der Waals surface area contributed by atoms with Crippen LogP contribution in [-0.4, -0.2) is 17.4 Å². The number of hydrogen-bond acceptors (Lipinski definition) is 4. The molecule has 0 spiro atoms. The van der Waals surface area contributed by atoms with Gasteiger partial charge in [0.15, 0.2) is 0 Å². The standard InChI is InChI=1S/C19H23N3O3/c1-13-9-10-16(17(11-13)22(24)25)21-18(23)12-20-15-8-6-5-7-14(15)19(2,3)4/h5-11,20H,12H2,1-4H3,(H,21,23). The first-order valence-electron chi connectivity index (χ1n) is 8.07. The fraction of sp³-hybridized carbons (Fsp3) is 0.316. The summed E-state index contributed by atoms with van der Waals surface area (Å²) in [6.45, 7) is 8.09. The first-order valence-corrected chi connectivity index (χ1v) is 8.07. The highest BCUT2D eigenvalue weighted by atomic mass is 16.6. The Morgan fingerprint density at radius 2 is 1.80 bits per heavy atom. The van der Waals surface area contributed by atoms with Crippen LogP contribution < -0.4 is 10.6 Å². The molecule has 0 atom stereocenters. The van der Waals surface area contributed by atoms with E-state index in [-0.39, 0.29) is 29.2 Å². The maximum Gasteiger partial charge on any atom is 0.293 e. The van der Waals surface area contributed by atoms with Crippen molar-refractivity contribution < 1.29 is 9.72 Å². The second-order valence-electron chi connectivity index (χ2n) is 6.98. The Morgan fingerprint density at radius 3 is 2.44 bits per heavy atom. The zero-order chi connectivity index (χ0) is 18.6. The number of amides is 1. The van der Waals surface area contributed by atoms with Crippen LogP contribution in [0.2, 0.25) is 0 Å². The molecule has 0 fully saturated rings. The predicted molar refractivity (Wildman–Crippen MR) is 100 cm³/mol. The number of rotatable bonds is 5. The van der Waals surface area contributed by atoms with Crippen LogP contribution in [0, 0.1) is 17.0 Å². The summed E-state index contributed by atoms with van der Waals surface area (Å²) in [5.74, 6) is -0.337. The van der Waals surface area contributed by atoms with Gasteiger partial charge in [-0.25, -0.2) is 0 Å². The topological polar surface area (TPSA) is 84.3 Å². The average molecular weight is 341 g/mol. The molecule has 6 nitrogen and oxygen atoms in total. The predicted octanol–water partition coefficient (Wildman–Crippen LogP) is 4.25. The highest BCUT2D eigenvalue weighted by Gasteiger charge is 2.19. The Bertz CT molecular complexity index is 795. The summed E-state index contributed by atoms with van der Waals surface area (Å²) in [6, 6.07) is 12.5. The molecule has 0 aliphatic rings. The number of nitro groups is 1. The third-order valence-corrected chi connectivity index (χ3v) is 3.80. The van der Waals surface area contributed by atoms with Crippen molar-refractivity contribution >= 4 is 23.0 Å².